The van der Waals surface area contributed by atoms with Crippen LogP contribution in [0.4, 0.5) is 5.69 Å². The van der Waals surface area contributed by atoms with E-state index in [0.29, 0.717) is 22.2 Å². The molecule has 1 atom stereocenters. The maximum atomic E-state index is 11.9. The molecule has 0 aliphatic carbocycles. The number of benzene rings is 3. The zero-order chi connectivity index (χ0) is 24.4. The van der Waals surface area contributed by atoms with Crippen LogP contribution in [0.5, 0.6) is 0 Å². The third-order valence-corrected chi connectivity index (χ3v) is 11.7. The van der Waals surface area contributed by atoms with Gasteiger partial charge in [-0.3, -0.25) is 10.1 Å². The first-order chi connectivity index (χ1) is 16.3. The van der Waals surface area contributed by atoms with Gasteiger partial charge < -0.3 is 4.98 Å². The highest BCUT2D eigenvalue weighted by Gasteiger charge is 2.29. The van der Waals surface area contributed by atoms with Crippen LogP contribution in [0, 0.1) is 10.1 Å². The van der Waals surface area contributed by atoms with Crippen molar-refractivity contribution in [2.45, 2.75) is 57.7 Å². The van der Waals surface area contributed by atoms with E-state index in [1.807, 2.05) is 30.3 Å². The van der Waals surface area contributed by atoms with Crippen molar-refractivity contribution in [2.24, 2.45) is 0 Å². The van der Waals surface area contributed by atoms with Crippen molar-refractivity contribution in [1.82, 2.24) is 4.98 Å². The van der Waals surface area contributed by atoms with E-state index in [0.717, 1.165) is 39.7 Å². The van der Waals surface area contributed by atoms with Gasteiger partial charge in [0.1, 0.15) is 0 Å². The molecule has 176 valence electrons. The Morgan fingerprint density at radius 3 is 2.15 bits per heavy atom. The van der Waals surface area contributed by atoms with Crippen LogP contribution in [0.2, 0.25) is 16.6 Å². The highest BCUT2D eigenvalue weighted by molar-refractivity contribution is 6.63. The van der Waals surface area contributed by atoms with Crippen molar-refractivity contribution in [3.8, 4) is 22.3 Å². The number of aromatic nitrogens is 1. The van der Waals surface area contributed by atoms with Crippen molar-refractivity contribution in [1.29, 1.82) is 0 Å². The molecular weight excluding hydrogens is 436 g/mol. The van der Waals surface area contributed by atoms with Crippen LogP contribution in [0.25, 0.3) is 33.2 Å². The highest BCUT2D eigenvalue weighted by Crippen LogP contribution is 2.41. The maximum Gasteiger partial charge on any atom is 0.277 e. The third kappa shape index (κ3) is 4.71. The van der Waals surface area contributed by atoms with E-state index in [-0.39, 0.29) is 10.6 Å². The van der Waals surface area contributed by atoms with Gasteiger partial charge in [0.15, 0.2) is 0 Å². The predicted octanol–water partition coefficient (Wildman–Crippen LogP) is 8.39. The number of fused-ring (bicyclic) bond motifs is 1. The number of para-hydroxylation sites is 1. The Morgan fingerprint density at radius 2 is 1.50 bits per heavy atom. The van der Waals surface area contributed by atoms with Gasteiger partial charge >= 0.3 is 0 Å². The number of nitro groups is 1. The lowest BCUT2D eigenvalue weighted by atomic mass is 9.97. The van der Waals surface area contributed by atoms with Gasteiger partial charge in [-0.2, -0.15) is 0 Å². The van der Waals surface area contributed by atoms with Crippen molar-refractivity contribution in [3.63, 3.8) is 0 Å². The van der Waals surface area contributed by atoms with Gasteiger partial charge in [0.25, 0.3) is 5.69 Å². The Morgan fingerprint density at radius 1 is 0.853 bits per heavy atom. The third-order valence-electron chi connectivity index (χ3n) is 7.08. The molecule has 1 aromatic heterocycles. The smallest absolute Gasteiger partial charge is 0.277 e. The highest BCUT2D eigenvalue weighted by atomic mass is 28.3. The van der Waals surface area contributed by atoms with E-state index in [1.54, 1.807) is 12.1 Å². The lowest BCUT2D eigenvalue weighted by Gasteiger charge is -2.29. The first kappa shape index (κ1) is 24.0. The molecule has 0 spiro atoms. The quantitative estimate of drug-likeness (QED) is 0.160. The van der Waals surface area contributed by atoms with Gasteiger partial charge in [0, 0.05) is 37.0 Å². The molecule has 0 fully saturated rings. The van der Waals surface area contributed by atoms with Crippen LogP contribution < -0.4 is 0 Å². The molecule has 1 heterocycles. The summed E-state index contributed by atoms with van der Waals surface area (Å²) in [5.74, 6) is 0. The minimum Gasteiger partial charge on any atom is -0.358 e. The van der Waals surface area contributed by atoms with Gasteiger partial charge in [-0.05, 0) is 35.2 Å². The molecule has 4 rings (SSSR count). The minimum absolute atomic E-state index is 0.158. The van der Waals surface area contributed by atoms with Crippen molar-refractivity contribution in [2.75, 3.05) is 0 Å². The van der Waals surface area contributed by atoms with Gasteiger partial charge in [0.05, 0.1) is 10.5 Å². The summed E-state index contributed by atoms with van der Waals surface area (Å²) in [7, 11) is -1.05. The predicted molar refractivity (Wildman–Crippen MR) is 146 cm³/mol. The van der Waals surface area contributed by atoms with Gasteiger partial charge in [-0.15, -0.1) is 0 Å². The summed E-state index contributed by atoms with van der Waals surface area (Å²) in [5.41, 5.74) is 8.26. The Kier molecular flexibility index (Phi) is 7.03. The monoisotopic (exact) mass is 470 g/mol. The van der Waals surface area contributed by atoms with Gasteiger partial charge in [-0.25, -0.2) is 0 Å². The van der Waals surface area contributed by atoms with Gasteiger partial charge in [0.2, 0.25) is 0 Å². The number of nitrogens with one attached hydrogen (secondary N) is 1. The Balaban J connectivity index is 1.89. The first-order valence-electron chi connectivity index (χ1n) is 12.2. The van der Waals surface area contributed by atoms with Gasteiger partial charge in [-0.1, -0.05) is 100 Å². The number of aromatic amines is 1. The van der Waals surface area contributed by atoms with E-state index in [2.05, 4.69) is 69.9 Å². The Hall–Kier alpha value is -3.18. The van der Waals surface area contributed by atoms with E-state index >= 15 is 0 Å². The average molecular weight is 471 g/mol. The molecule has 0 aliphatic rings. The lowest BCUT2D eigenvalue weighted by Crippen LogP contribution is -2.27. The molecule has 0 aliphatic heterocycles. The topological polar surface area (TPSA) is 58.9 Å². The molecule has 0 amide bonds. The average Bonchev–Trinajstić information content (AvgIpc) is 3.15. The van der Waals surface area contributed by atoms with Crippen LogP contribution in [-0.2, 0) is 6.42 Å². The summed E-state index contributed by atoms with van der Waals surface area (Å²) in [4.78, 5) is 15.4. The SMILES string of the molecule is CC(C)[SiH](C(C)C)C(C)Cc1[nH]c2cc(-c3ccccc3)ccc2c1-c1ccccc1[N+](=O)[O-]. The van der Waals surface area contributed by atoms with Crippen LogP contribution in [0.15, 0.2) is 72.8 Å². The van der Waals surface area contributed by atoms with Crippen LogP contribution in [-0.4, -0.2) is 18.7 Å². The fourth-order valence-corrected chi connectivity index (χ4v) is 10.6. The maximum absolute atomic E-state index is 11.9. The fourth-order valence-electron chi connectivity index (χ4n) is 5.91. The molecule has 1 N–H and O–H groups in total. The molecule has 0 saturated heterocycles. The second-order valence-corrected chi connectivity index (χ2v) is 15.1. The molecule has 4 aromatic rings. The van der Waals surface area contributed by atoms with E-state index < -0.39 is 8.80 Å². The number of hydrogen-bond acceptors (Lipinski definition) is 2. The minimum atomic E-state index is -1.05. The Bertz CT molecular complexity index is 1290. The number of rotatable bonds is 8. The Labute approximate surface area is 203 Å². The molecule has 0 radical (unpaired) electrons. The summed E-state index contributed by atoms with van der Waals surface area (Å²) in [5, 5.41) is 13.0. The summed E-state index contributed by atoms with van der Waals surface area (Å²) in [6, 6.07) is 23.9. The van der Waals surface area contributed by atoms with E-state index in [4.69, 9.17) is 0 Å². The molecular formula is C29H34N2O2Si. The standard InChI is InChI=1S/C29H34N2O2Si/c1-19(2)34(20(3)4)21(5)17-27-29(25-13-9-10-14-28(25)31(32)33)24-16-15-23(18-26(24)30-27)22-11-7-6-8-12-22/h6-16,18-21,30,34H,17H2,1-5H3. The molecule has 0 bridgehead atoms. The molecule has 5 heteroatoms. The fraction of sp³-hybridized carbons (Fsp3) is 0.310. The van der Waals surface area contributed by atoms with Crippen LogP contribution in [0.1, 0.15) is 40.3 Å². The molecule has 1 unspecified atom stereocenters. The first-order valence-corrected chi connectivity index (χ1v) is 14.2. The molecule has 34 heavy (non-hydrogen) atoms. The van der Waals surface area contributed by atoms with E-state index in [9.17, 15) is 10.1 Å². The summed E-state index contributed by atoms with van der Waals surface area (Å²) in [6.07, 6.45) is 0.907. The lowest BCUT2D eigenvalue weighted by molar-refractivity contribution is -0.384. The van der Waals surface area contributed by atoms with Crippen molar-refractivity contribution < 1.29 is 4.92 Å². The number of nitro benzene ring substituents is 1. The summed E-state index contributed by atoms with van der Waals surface area (Å²) in [6.45, 7) is 11.8. The zero-order valence-corrected chi connectivity index (χ0v) is 21.9. The number of H-pyrrole nitrogens is 1. The molecule has 3 aromatic carbocycles. The van der Waals surface area contributed by atoms with E-state index in [1.165, 1.54) is 0 Å². The zero-order valence-electron chi connectivity index (χ0n) is 20.7. The van der Waals surface area contributed by atoms with Crippen LogP contribution in [0.3, 0.4) is 0 Å². The normalized spacial score (nSPS) is 12.7. The largest absolute Gasteiger partial charge is 0.358 e. The molecule has 0 saturated carbocycles. The van der Waals surface area contributed by atoms with Crippen molar-refractivity contribution >= 4 is 25.4 Å². The van der Waals surface area contributed by atoms with Crippen molar-refractivity contribution in [3.05, 3.63) is 88.6 Å². The molecule has 4 nitrogen and oxygen atoms in total. The number of nitrogens with zero attached hydrogens (tertiary/aromatic N) is 1. The number of hydrogen-bond donors (Lipinski definition) is 1. The second kappa shape index (κ2) is 9.98. The summed E-state index contributed by atoms with van der Waals surface area (Å²) >= 11 is 0. The second-order valence-electron chi connectivity index (χ2n) is 10.1. The summed E-state index contributed by atoms with van der Waals surface area (Å²) < 4.78 is 0. The van der Waals surface area contributed by atoms with Crippen LogP contribution >= 0.6 is 0 Å².